The molecule has 1 fully saturated rings. The van der Waals surface area contributed by atoms with Crippen LogP contribution in [0.3, 0.4) is 0 Å². The van der Waals surface area contributed by atoms with E-state index in [4.69, 9.17) is 21.1 Å². The van der Waals surface area contributed by atoms with Gasteiger partial charge in [0.15, 0.2) is 10.9 Å². The number of aryl methyl sites for hydroxylation is 1. The van der Waals surface area contributed by atoms with Gasteiger partial charge in [-0.15, -0.1) is 10.2 Å². The third kappa shape index (κ3) is 4.48. The Morgan fingerprint density at radius 3 is 2.84 bits per heavy atom. The van der Waals surface area contributed by atoms with Gasteiger partial charge in [0.05, 0.1) is 0 Å². The van der Waals surface area contributed by atoms with Gasteiger partial charge >= 0.3 is 5.97 Å². The average Bonchev–Trinajstić information content (AvgIpc) is 3.42. The van der Waals surface area contributed by atoms with Crippen molar-refractivity contribution < 1.29 is 14.3 Å². The van der Waals surface area contributed by atoms with Crippen molar-refractivity contribution in [3.8, 4) is 17.4 Å². The van der Waals surface area contributed by atoms with Gasteiger partial charge in [-0.3, -0.25) is 4.79 Å². The van der Waals surface area contributed by atoms with E-state index < -0.39 is 0 Å². The van der Waals surface area contributed by atoms with Crippen molar-refractivity contribution in [1.82, 2.24) is 10.2 Å². The molecule has 6 heteroatoms. The highest BCUT2D eigenvalue weighted by Crippen LogP contribution is 2.46. The number of benzene rings is 1. The number of para-hydroxylation sites is 1. The number of hydrogen-bond acceptors (Lipinski definition) is 5. The van der Waals surface area contributed by atoms with E-state index in [2.05, 4.69) is 16.3 Å². The molecule has 0 saturated heterocycles. The molecule has 0 N–H and O–H groups in total. The predicted molar refractivity (Wildman–Crippen MR) is 95.4 cm³/mol. The summed E-state index contributed by atoms with van der Waals surface area (Å²) in [6.07, 6.45) is 4.34. The van der Waals surface area contributed by atoms with Crippen molar-refractivity contribution in [2.45, 2.75) is 51.9 Å². The van der Waals surface area contributed by atoms with Gasteiger partial charge in [-0.2, -0.15) is 0 Å². The summed E-state index contributed by atoms with van der Waals surface area (Å²) in [5, 5.41) is 7.96. The number of rotatable bonds is 7. The first-order valence-electron chi connectivity index (χ1n) is 8.59. The molecule has 1 aliphatic carbocycles. The lowest BCUT2D eigenvalue weighted by atomic mass is 10.1. The second kappa shape index (κ2) is 7.83. The molecule has 0 unspecified atom stereocenters. The molecular formula is C19H21ClN2O3. The van der Waals surface area contributed by atoms with Gasteiger partial charge in [-0.1, -0.05) is 43.1 Å². The Morgan fingerprint density at radius 2 is 2.12 bits per heavy atom. The molecule has 0 amide bonds. The second-order valence-corrected chi connectivity index (χ2v) is 6.67. The molecule has 132 valence electrons. The van der Waals surface area contributed by atoms with Crippen molar-refractivity contribution in [1.29, 1.82) is 0 Å². The molecule has 0 atom stereocenters. The molecule has 0 aliphatic heterocycles. The molecule has 0 bridgehead atoms. The van der Waals surface area contributed by atoms with Crippen LogP contribution in [0, 0.1) is 6.92 Å². The van der Waals surface area contributed by atoms with Crippen LogP contribution in [-0.2, 0) is 4.79 Å². The van der Waals surface area contributed by atoms with Gasteiger partial charge in [0.25, 0.3) is 5.88 Å². The summed E-state index contributed by atoms with van der Waals surface area (Å²) in [4.78, 5) is 12.0. The summed E-state index contributed by atoms with van der Waals surface area (Å²) in [5.74, 6) is 1.30. The highest BCUT2D eigenvalue weighted by Gasteiger charge is 2.28. The molecule has 1 heterocycles. The second-order valence-electron chi connectivity index (χ2n) is 6.28. The van der Waals surface area contributed by atoms with Crippen LogP contribution in [0.1, 0.15) is 56.1 Å². The van der Waals surface area contributed by atoms with Gasteiger partial charge in [0.2, 0.25) is 0 Å². The summed E-state index contributed by atoms with van der Waals surface area (Å²) in [7, 11) is 0. The van der Waals surface area contributed by atoms with Crippen LogP contribution in [0.4, 0.5) is 0 Å². The standard InChI is InChI=1S/C19H21ClN2O3/c1-3-4-8-17(23)24-15-11-16(20)21-22-19(15)25-18-12(2)6-5-7-14(18)13-9-10-13/h5-7,11,13H,3-4,8-10H2,1-2H3. The maximum Gasteiger partial charge on any atom is 0.311 e. The zero-order valence-corrected chi connectivity index (χ0v) is 15.2. The molecular weight excluding hydrogens is 340 g/mol. The van der Waals surface area contributed by atoms with E-state index in [0.717, 1.165) is 42.6 Å². The maximum absolute atomic E-state index is 12.0. The number of carbonyl (C=O) groups excluding carboxylic acids is 1. The summed E-state index contributed by atoms with van der Waals surface area (Å²) >= 11 is 5.91. The molecule has 25 heavy (non-hydrogen) atoms. The van der Waals surface area contributed by atoms with Gasteiger partial charge in [0, 0.05) is 12.5 Å². The zero-order valence-electron chi connectivity index (χ0n) is 14.4. The minimum Gasteiger partial charge on any atom is -0.434 e. The Hall–Kier alpha value is -2.14. The molecule has 5 nitrogen and oxygen atoms in total. The van der Waals surface area contributed by atoms with Crippen molar-refractivity contribution in [2.75, 3.05) is 0 Å². The topological polar surface area (TPSA) is 61.3 Å². The fourth-order valence-electron chi connectivity index (χ4n) is 2.61. The number of unbranched alkanes of at least 4 members (excludes halogenated alkanes) is 1. The summed E-state index contributed by atoms with van der Waals surface area (Å²) in [6.45, 7) is 4.00. The Kier molecular flexibility index (Phi) is 5.53. The largest absolute Gasteiger partial charge is 0.434 e. The lowest BCUT2D eigenvalue weighted by Crippen LogP contribution is -2.09. The minimum atomic E-state index is -0.331. The minimum absolute atomic E-state index is 0.151. The molecule has 1 aromatic heterocycles. The number of ether oxygens (including phenoxy) is 2. The van der Waals surface area contributed by atoms with Crippen molar-refractivity contribution in [2.24, 2.45) is 0 Å². The molecule has 0 radical (unpaired) electrons. The third-order valence-corrected chi connectivity index (χ3v) is 4.30. The Balaban J connectivity index is 1.87. The van der Waals surface area contributed by atoms with Crippen LogP contribution in [0.5, 0.6) is 17.4 Å². The van der Waals surface area contributed by atoms with Crippen LogP contribution < -0.4 is 9.47 Å². The van der Waals surface area contributed by atoms with Gasteiger partial charge in [-0.05, 0) is 43.2 Å². The Labute approximate surface area is 152 Å². The number of hydrogen-bond donors (Lipinski definition) is 0. The van der Waals surface area contributed by atoms with Crippen LogP contribution in [0.2, 0.25) is 5.15 Å². The van der Waals surface area contributed by atoms with E-state index in [0.29, 0.717) is 12.3 Å². The molecule has 1 aromatic carbocycles. The zero-order chi connectivity index (χ0) is 17.8. The van der Waals surface area contributed by atoms with Crippen LogP contribution in [0.25, 0.3) is 0 Å². The fraction of sp³-hybridized carbons (Fsp3) is 0.421. The highest BCUT2D eigenvalue weighted by molar-refractivity contribution is 6.29. The van der Waals surface area contributed by atoms with Crippen LogP contribution in [0.15, 0.2) is 24.3 Å². The summed E-state index contributed by atoms with van der Waals surface area (Å²) in [6, 6.07) is 7.53. The monoisotopic (exact) mass is 360 g/mol. The number of halogens is 1. The Bertz CT molecular complexity index is 775. The van der Waals surface area contributed by atoms with E-state index >= 15 is 0 Å². The lowest BCUT2D eigenvalue weighted by molar-refractivity contribution is -0.134. The highest BCUT2D eigenvalue weighted by atomic mass is 35.5. The Morgan fingerprint density at radius 1 is 1.32 bits per heavy atom. The first-order chi connectivity index (χ1) is 12.1. The van der Waals surface area contributed by atoms with E-state index in [1.54, 1.807) is 0 Å². The van der Waals surface area contributed by atoms with Crippen LogP contribution in [-0.4, -0.2) is 16.2 Å². The van der Waals surface area contributed by atoms with Crippen LogP contribution >= 0.6 is 11.6 Å². The quantitative estimate of drug-likeness (QED) is 0.635. The van der Waals surface area contributed by atoms with E-state index in [1.807, 2.05) is 26.0 Å². The number of esters is 1. The lowest BCUT2D eigenvalue weighted by Gasteiger charge is -2.14. The number of aromatic nitrogens is 2. The first kappa shape index (κ1) is 17.7. The maximum atomic E-state index is 12.0. The number of carbonyl (C=O) groups is 1. The normalized spacial score (nSPS) is 13.6. The van der Waals surface area contributed by atoms with Crippen molar-refractivity contribution >= 4 is 17.6 Å². The fourth-order valence-corrected chi connectivity index (χ4v) is 2.74. The van der Waals surface area contributed by atoms with E-state index in [9.17, 15) is 4.79 Å². The third-order valence-electron chi connectivity index (χ3n) is 4.11. The SMILES string of the molecule is CCCCC(=O)Oc1cc(Cl)nnc1Oc1c(C)cccc1C1CC1. The van der Waals surface area contributed by atoms with Crippen molar-refractivity contribution in [3.05, 3.63) is 40.5 Å². The smallest absolute Gasteiger partial charge is 0.311 e. The van der Waals surface area contributed by atoms with E-state index in [1.165, 1.54) is 6.07 Å². The predicted octanol–water partition coefficient (Wildman–Crippen LogP) is 5.20. The number of nitrogens with zero attached hydrogens (tertiary/aromatic N) is 2. The summed E-state index contributed by atoms with van der Waals surface area (Å²) < 4.78 is 11.4. The van der Waals surface area contributed by atoms with Crippen molar-refractivity contribution in [3.63, 3.8) is 0 Å². The molecule has 3 rings (SSSR count). The molecule has 1 saturated carbocycles. The van der Waals surface area contributed by atoms with Gasteiger partial charge < -0.3 is 9.47 Å². The average molecular weight is 361 g/mol. The van der Waals surface area contributed by atoms with Gasteiger partial charge in [0.1, 0.15) is 5.75 Å². The molecule has 2 aromatic rings. The molecule has 0 spiro atoms. The van der Waals surface area contributed by atoms with E-state index in [-0.39, 0.29) is 22.8 Å². The molecule has 1 aliphatic rings. The first-order valence-corrected chi connectivity index (χ1v) is 8.97. The van der Waals surface area contributed by atoms with Gasteiger partial charge in [-0.25, -0.2) is 0 Å². The summed E-state index contributed by atoms with van der Waals surface area (Å²) in [5.41, 5.74) is 2.16.